The van der Waals surface area contributed by atoms with Gasteiger partial charge in [-0.3, -0.25) is 4.98 Å². The summed E-state index contributed by atoms with van der Waals surface area (Å²) in [6.45, 7) is 4.97. The second-order valence-electron chi connectivity index (χ2n) is 4.37. The van der Waals surface area contributed by atoms with E-state index in [2.05, 4.69) is 24.1 Å². The van der Waals surface area contributed by atoms with Gasteiger partial charge in [0.05, 0.1) is 16.1 Å². The van der Waals surface area contributed by atoms with Crippen molar-refractivity contribution in [2.24, 2.45) is 0 Å². The van der Waals surface area contributed by atoms with Gasteiger partial charge in [0.25, 0.3) is 0 Å². The van der Waals surface area contributed by atoms with Crippen molar-refractivity contribution < 1.29 is 0 Å². The lowest BCUT2D eigenvalue weighted by Gasteiger charge is -2.21. The third kappa shape index (κ3) is 3.08. The van der Waals surface area contributed by atoms with E-state index in [9.17, 15) is 0 Å². The second kappa shape index (κ2) is 6.38. The Labute approximate surface area is 123 Å². The van der Waals surface area contributed by atoms with Crippen LogP contribution in [0.3, 0.4) is 0 Å². The summed E-state index contributed by atoms with van der Waals surface area (Å²) in [7, 11) is 0. The zero-order chi connectivity index (χ0) is 13.8. The molecule has 0 spiro atoms. The van der Waals surface area contributed by atoms with Gasteiger partial charge in [0, 0.05) is 12.4 Å². The van der Waals surface area contributed by atoms with Crippen molar-refractivity contribution in [3.8, 4) is 0 Å². The van der Waals surface area contributed by atoms with Gasteiger partial charge in [0.1, 0.15) is 0 Å². The van der Waals surface area contributed by atoms with Crippen molar-refractivity contribution in [2.75, 3.05) is 6.54 Å². The molecule has 1 aromatic heterocycles. The highest BCUT2D eigenvalue weighted by Gasteiger charge is 2.19. The number of nitrogens with one attached hydrogen (secondary N) is 1. The zero-order valence-electron chi connectivity index (χ0n) is 11.0. The fourth-order valence-corrected chi connectivity index (χ4v) is 2.53. The van der Waals surface area contributed by atoms with E-state index in [1.807, 2.05) is 24.4 Å². The smallest absolute Gasteiger partial charge is 0.0643 e. The maximum Gasteiger partial charge on any atom is 0.0643 e. The summed E-state index contributed by atoms with van der Waals surface area (Å²) in [5.74, 6) is 0. The van der Waals surface area contributed by atoms with Crippen LogP contribution >= 0.6 is 23.2 Å². The molecule has 1 heterocycles. The van der Waals surface area contributed by atoms with Gasteiger partial charge in [-0.1, -0.05) is 42.3 Å². The standard InChI is InChI=1S/C15H16Cl2N2/c1-3-19-15(12-9-18-8-7-10(12)2)11-5-4-6-13(16)14(11)17/h4-9,15,19H,3H2,1-2H3. The van der Waals surface area contributed by atoms with Crippen LogP contribution in [0.1, 0.15) is 29.7 Å². The second-order valence-corrected chi connectivity index (χ2v) is 5.15. The van der Waals surface area contributed by atoms with Crippen LogP contribution in [0.4, 0.5) is 0 Å². The molecule has 2 nitrogen and oxygen atoms in total. The average Bonchev–Trinajstić information content (AvgIpc) is 2.41. The molecule has 0 aliphatic carbocycles. The predicted molar refractivity (Wildman–Crippen MR) is 81.0 cm³/mol. The van der Waals surface area contributed by atoms with Crippen molar-refractivity contribution >= 4 is 23.2 Å². The van der Waals surface area contributed by atoms with Crippen LogP contribution < -0.4 is 5.32 Å². The average molecular weight is 295 g/mol. The Morgan fingerprint density at radius 1 is 1.21 bits per heavy atom. The summed E-state index contributed by atoms with van der Waals surface area (Å²) >= 11 is 12.4. The first-order chi connectivity index (χ1) is 9.15. The molecule has 0 aliphatic heterocycles. The van der Waals surface area contributed by atoms with Gasteiger partial charge in [-0.25, -0.2) is 0 Å². The van der Waals surface area contributed by atoms with Crippen molar-refractivity contribution in [1.29, 1.82) is 0 Å². The lowest BCUT2D eigenvalue weighted by molar-refractivity contribution is 0.626. The summed E-state index contributed by atoms with van der Waals surface area (Å²) < 4.78 is 0. The van der Waals surface area contributed by atoms with E-state index in [1.54, 1.807) is 12.3 Å². The number of pyridine rings is 1. The maximum absolute atomic E-state index is 6.33. The Morgan fingerprint density at radius 3 is 2.68 bits per heavy atom. The Morgan fingerprint density at radius 2 is 2.00 bits per heavy atom. The summed E-state index contributed by atoms with van der Waals surface area (Å²) in [5, 5.41) is 4.61. The maximum atomic E-state index is 6.33. The first-order valence-electron chi connectivity index (χ1n) is 6.23. The molecule has 0 saturated carbocycles. The van der Waals surface area contributed by atoms with Crippen molar-refractivity contribution in [2.45, 2.75) is 19.9 Å². The molecule has 2 rings (SSSR count). The van der Waals surface area contributed by atoms with Crippen molar-refractivity contribution in [1.82, 2.24) is 10.3 Å². The minimum absolute atomic E-state index is 0.00454. The molecule has 1 atom stereocenters. The fraction of sp³-hybridized carbons (Fsp3) is 0.267. The van der Waals surface area contributed by atoms with E-state index < -0.39 is 0 Å². The minimum Gasteiger partial charge on any atom is -0.306 e. The zero-order valence-corrected chi connectivity index (χ0v) is 12.5. The summed E-state index contributed by atoms with van der Waals surface area (Å²) in [4.78, 5) is 4.21. The van der Waals surface area contributed by atoms with Crippen LogP contribution in [0.2, 0.25) is 10.0 Å². The van der Waals surface area contributed by atoms with Gasteiger partial charge in [-0.2, -0.15) is 0 Å². The number of nitrogens with zero attached hydrogens (tertiary/aromatic N) is 1. The molecule has 0 radical (unpaired) electrons. The third-order valence-electron chi connectivity index (χ3n) is 3.09. The fourth-order valence-electron chi connectivity index (χ4n) is 2.11. The normalized spacial score (nSPS) is 12.4. The quantitative estimate of drug-likeness (QED) is 0.904. The lowest BCUT2D eigenvalue weighted by atomic mass is 9.96. The first kappa shape index (κ1) is 14.3. The molecule has 0 saturated heterocycles. The van der Waals surface area contributed by atoms with Gasteiger partial charge in [-0.15, -0.1) is 0 Å². The Balaban J connectivity index is 2.52. The summed E-state index contributed by atoms with van der Waals surface area (Å²) in [6.07, 6.45) is 3.67. The topological polar surface area (TPSA) is 24.9 Å². The highest BCUT2D eigenvalue weighted by Crippen LogP contribution is 2.33. The van der Waals surface area contributed by atoms with Gasteiger partial charge >= 0.3 is 0 Å². The molecule has 0 bridgehead atoms. The van der Waals surface area contributed by atoms with E-state index >= 15 is 0 Å². The van der Waals surface area contributed by atoms with Crippen LogP contribution in [0.25, 0.3) is 0 Å². The Bertz CT molecular complexity index is 570. The van der Waals surface area contributed by atoms with E-state index in [4.69, 9.17) is 23.2 Å². The SMILES string of the molecule is CCNC(c1cnccc1C)c1cccc(Cl)c1Cl. The number of hydrogen-bond donors (Lipinski definition) is 1. The number of benzene rings is 1. The van der Waals surface area contributed by atoms with E-state index in [0.29, 0.717) is 10.0 Å². The number of aromatic nitrogens is 1. The van der Waals surface area contributed by atoms with Crippen LogP contribution in [0.15, 0.2) is 36.7 Å². The molecule has 4 heteroatoms. The molecule has 1 aromatic carbocycles. The molecule has 19 heavy (non-hydrogen) atoms. The Kier molecular flexibility index (Phi) is 4.81. The van der Waals surface area contributed by atoms with Crippen LogP contribution in [-0.4, -0.2) is 11.5 Å². The van der Waals surface area contributed by atoms with Gasteiger partial charge in [0.2, 0.25) is 0 Å². The number of aryl methyl sites for hydroxylation is 1. The van der Waals surface area contributed by atoms with Crippen LogP contribution in [-0.2, 0) is 0 Å². The van der Waals surface area contributed by atoms with Crippen molar-refractivity contribution in [3.63, 3.8) is 0 Å². The molecule has 0 aliphatic rings. The molecule has 1 unspecified atom stereocenters. The van der Waals surface area contributed by atoms with Gasteiger partial charge in [0.15, 0.2) is 0 Å². The molecule has 100 valence electrons. The first-order valence-corrected chi connectivity index (χ1v) is 6.98. The number of hydrogen-bond acceptors (Lipinski definition) is 2. The van der Waals surface area contributed by atoms with Gasteiger partial charge in [-0.05, 0) is 42.3 Å². The highest BCUT2D eigenvalue weighted by atomic mass is 35.5. The van der Waals surface area contributed by atoms with Crippen molar-refractivity contribution in [3.05, 3.63) is 63.4 Å². The highest BCUT2D eigenvalue weighted by molar-refractivity contribution is 6.42. The van der Waals surface area contributed by atoms with E-state index in [0.717, 1.165) is 17.7 Å². The molecular weight excluding hydrogens is 279 g/mol. The molecule has 1 N–H and O–H groups in total. The largest absolute Gasteiger partial charge is 0.306 e. The Hall–Kier alpha value is -1.09. The van der Waals surface area contributed by atoms with E-state index in [-0.39, 0.29) is 6.04 Å². The molecule has 2 aromatic rings. The third-order valence-corrected chi connectivity index (χ3v) is 3.92. The van der Waals surface area contributed by atoms with Gasteiger partial charge < -0.3 is 5.32 Å². The summed E-state index contributed by atoms with van der Waals surface area (Å²) in [6, 6.07) is 7.71. The molecular formula is C15H16Cl2N2. The molecule has 0 amide bonds. The van der Waals surface area contributed by atoms with E-state index in [1.165, 1.54) is 5.56 Å². The van der Waals surface area contributed by atoms with Crippen LogP contribution in [0, 0.1) is 6.92 Å². The molecule has 0 fully saturated rings. The lowest BCUT2D eigenvalue weighted by Crippen LogP contribution is -2.23. The predicted octanol–water partition coefficient (Wildman–Crippen LogP) is 4.40. The monoisotopic (exact) mass is 294 g/mol. The number of halogens is 2. The minimum atomic E-state index is 0.00454. The number of rotatable bonds is 4. The van der Waals surface area contributed by atoms with Crippen LogP contribution in [0.5, 0.6) is 0 Å². The summed E-state index contributed by atoms with van der Waals surface area (Å²) in [5.41, 5.74) is 3.28.